The van der Waals surface area contributed by atoms with Gasteiger partial charge in [-0.2, -0.15) is 0 Å². The van der Waals surface area contributed by atoms with Gasteiger partial charge in [-0.05, 0) is 173 Å². The normalized spacial score (nSPS) is 10.6. The van der Waals surface area contributed by atoms with E-state index in [-0.39, 0.29) is 44.8 Å². The first-order chi connectivity index (χ1) is 44.1. The summed E-state index contributed by atoms with van der Waals surface area (Å²) in [5.41, 5.74) is 15.4. The van der Waals surface area contributed by atoms with Gasteiger partial charge in [-0.15, -0.1) is 0 Å². The van der Waals surface area contributed by atoms with Gasteiger partial charge in [-0.3, -0.25) is 39.3 Å². The number of carboxylic acid groups (broad SMARTS) is 1. The van der Waals surface area contributed by atoms with Crippen molar-refractivity contribution in [3.05, 3.63) is 193 Å². The monoisotopic (exact) mass is 1650 g/mol. The molecule has 6 rings (SSSR count). The Morgan fingerprint density at radius 1 is 0.546 bits per heavy atom. The maximum atomic E-state index is 11.1. The van der Waals surface area contributed by atoms with E-state index in [9.17, 15) is 19.8 Å². The van der Waals surface area contributed by atoms with E-state index in [1.165, 1.54) is 68.1 Å². The van der Waals surface area contributed by atoms with Crippen molar-refractivity contribution in [1.29, 1.82) is 0 Å². The number of halogens is 3. The first-order valence-corrected chi connectivity index (χ1v) is 42.9. The minimum absolute atomic E-state index is 0. The number of alkyl halides is 2. The number of ether oxygens (including phenoxy) is 2. The number of ketones is 2. The number of hydrogen-bond donors (Lipinski definition) is 4. The number of pyridine rings is 6. The Morgan fingerprint density at radius 2 is 0.876 bits per heavy atom. The van der Waals surface area contributed by atoms with Crippen LogP contribution in [0, 0.1) is 47.0 Å². The third kappa shape index (κ3) is 51.7. The van der Waals surface area contributed by atoms with Crippen LogP contribution in [0.2, 0.25) is 13.3 Å². The molecule has 0 unspecified atom stereocenters. The maximum absolute atomic E-state index is 11.1. The van der Waals surface area contributed by atoms with Crippen LogP contribution < -0.4 is 5.73 Å². The van der Waals surface area contributed by atoms with Crippen LogP contribution in [0.15, 0.2) is 132 Å². The van der Waals surface area contributed by atoms with E-state index in [4.69, 9.17) is 25.1 Å². The third-order valence-corrected chi connectivity index (χ3v) is 30.2. The van der Waals surface area contributed by atoms with Gasteiger partial charge in [0.15, 0.2) is 11.6 Å². The van der Waals surface area contributed by atoms with Crippen molar-refractivity contribution in [2.24, 2.45) is 11.1 Å². The zero-order valence-electron chi connectivity index (χ0n) is 60.3. The van der Waals surface area contributed by atoms with Crippen molar-refractivity contribution in [3.63, 3.8) is 0 Å². The van der Waals surface area contributed by atoms with E-state index < -0.39 is 36.6 Å². The molecule has 97 heavy (non-hydrogen) atoms. The fraction of sp³-hybridized carbons (Fsp3) is 0.526. The molecule has 0 aliphatic carbocycles. The summed E-state index contributed by atoms with van der Waals surface area (Å²) in [6.45, 7) is 47.3. The number of aliphatic hydroxyl groups is 2. The number of aliphatic hydroxyl groups excluding tert-OH is 2. The zero-order chi connectivity index (χ0) is 72.5. The van der Waals surface area contributed by atoms with Gasteiger partial charge in [0.1, 0.15) is 33.5 Å². The summed E-state index contributed by atoms with van der Waals surface area (Å²) in [4.78, 5) is 55.3. The largest absolute Gasteiger partial charge is 0.481 e. The van der Waals surface area contributed by atoms with Crippen molar-refractivity contribution in [2.75, 3.05) is 23.9 Å². The maximum Gasteiger partial charge on any atom is 0.300 e. The molecule has 0 radical (unpaired) electrons. The number of nitrogens with two attached hydrogens (primary N) is 1. The molecule has 15 nitrogen and oxygen atoms in total. The molecule has 0 amide bonds. The quantitative estimate of drug-likeness (QED) is 0.0154. The summed E-state index contributed by atoms with van der Waals surface area (Å²) in [6, 6.07) is 22.9. The molecule has 19 heteroatoms. The molecular weight excluding hydrogens is 1520 g/mol. The number of aliphatic carboxylic acids is 1. The van der Waals surface area contributed by atoms with Gasteiger partial charge in [0.05, 0.1) is 29.4 Å². The molecule has 2 atom stereocenters. The molecule has 5 N–H and O–H groups in total. The van der Waals surface area contributed by atoms with Gasteiger partial charge < -0.3 is 25.8 Å². The molecule has 0 saturated carbocycles. The number of carboxylic acids is 1. The summed E-state index contributed by atoms with van der Waals surface area (Å²) >= 11 is 7.33. The molecular formula is C78H128Br3N7O8Sn. The number of carbonyl (C=O) groups excluding carboxylic acids is 2. The van der Waals surface area contributed by atoms with Crippen molar-refractivity contribution in [2.45, 2.75) is 236 Å². The summed E-state index contributed by atoms with van der Waals surface area (Å²) in [7, 11) is 0. The Bertz CT molecular complexity index is 3000. The number of nitrogens with zero attached hydrogens (tertiary/aromatic N) is 6. The van der Waals surface area contributed by atoms with Gasteiger partial charge in [-0.1, -0.05) is 118 Å². The Kier molecular flexibility index (Phi) is 63.4. The molecule has 0 saturated heterocycles. The predicted molar refractivity (Wildman–Crippen MR) is 426 cm³/mol. The van der Waals surface area contributed by atoms with E-state index in [1.807, 2.05) is 142 Å². The van der Waals surface area contributed by atoms with E-state index in [2.05, 4.69) is 139 Å². The second-order valence-corrected chi connectivity index (χ2v) is 39.8. The second kappa shape index (κ2) is 59.7. The average Bonchev–Trinajstić information content (AvgIpc) is 1.08. The molecule has 6 aromatic heterocycles. The molecule has 0 spiro atoms. The molecule has 6 aromatic rings. The van der Waals surface area contributed by atoms with Crippen LogP contribution in [0.3, 0.4) is 0 Å². The molecule has 0 aliphatic rings. The summed E-state index contributed by atoms with van der Waals surface area (Å²) < 4.78 is 17.7. The first kappa shape index (κ1) is 103. The van der Waals surface area contributed by atoms with Crippen molar-refractivity contribution in [3.8, 4) is 0 Å². The summed E-state index contributed by atoms with van der Waals surface area (Å²) in [6.07, 6.45) is 19.2. The van der Waals surface area contributed by atoms with E-state index >= 15 is 0 Å². The molecule has 0 fully saturated rings. The second-order valence-electron chi connectivity index (χ2n) is 24.6. The number of aryl methyl sites for hydroxylation is 6. The van der Waals surface area contributed by atoms with E-state index in [0.29, 0.717) is 34.4 Å². The third-order valence-electron chi connectivity index (χ3n) is 13.3. The number of hydrogen-bond acceptors (Lipinski definition) is 14. The Balaban J connectivity index is -0.000000245. The van der Waals surface area contributed by atoms with Crippen LogP contribution in [0.25, 0.3) is 5.76 Å². The molecule has 0 bridgehead atoms. The number of carbonyl (C=O) groups is 3. The smallest absolute Gasteiger partial charge is 0.300 e. The van der Waals surface area contributed by atoms with Gasteiger partial charge in [-0.25, -0.2) is 4.98 Å². The molecule has 0 aliphatic heterocycles. The first-order valence-electron chi connectivity index (χ1n) is 32.4. The minimum Gasteiger partial charge on any atom is -0.481 e. The predicted octanol–water partition coefficient (Wildman–Crippen LogP) is 21.8. The molecule has 6 heterocycles. The number of Topliss-reactive ketones (excluding diaryl/α,β-unsaturated/α-hetero) is 2. The standard InChI is InChI=1S/C13H21NO.C10H13NO.C8H10BrNO.C8H8BrNO.C8H9NO.C6H6BrN.C4H11N.C4H7O.3C4H9.C2H4O2.3CH4.Sn/c1-10-6-5-9-14-12(10)11(15)7-8-13(2,3)4;1-4-12-9(3)10-8(2)6-5-7-11-10;2*1-6-3-2-4-10-8(6)7(11)5-9;1-6-4-3-5-9-8(6)7(2)10;1-5-3-2-4-8-6(5)7;1-4(2,3)5;1-3-5-4-2;3*1-3-4-2;1-2(3)4;;;;/h5-6,9,11,15H,7-8H2,1-4H3;5-7H,3-4H2,1-2H3;2-4,7,11H,5H2,1H3;2-4H,5H2,1H3;3-5H,1-2H3;2-4H,1H3;5H2,1-3H3;1,4H2,2H3;3*1,3-4H2,2H3;1H3,(H,3,4);3*1H4;/t11-;;7-;;;;;;;;;;;;;/m0.0............./s1. The number of unbranched alkanes of at least 4 members (excludes halogenated alkanes) is 3. The van der Waals surface area contributed by atoms with Crippen LogP contribution in [0.4, 0.5) is 0 Å². The van der Waals surface area contributed by atoms with Crippen molar-refractivity contribution >= 4 is 89.5 Å². The van der Waals surface area contributed by atoms with E-state index in [1.54, 1.807) is 37.2 Å². The van der Waals surface area contributed by atoms with E-state index in [0.717, 1.165) is 75.9 Å². The fourth-order valence-corrected chi connectivity index (χ4v) is 23.8. The average molecular weight is 1650 g/mol. The summed E-state index contributed by atoms with van der Waals surface area (Å²) in [5.74, 6) is -0.128. The van der Waals surface area contributed by atoms with Crippen LogP contribution in [-0.4, -0.2) is 111 Å². The van der Waals surface area contributed by atoms with Gasteiger partial charge in [0.25, 0.3) is 5.97 Å². The van der Waals surface area contributed by atoms with Crippen molar-refractivity contribution < 1.29 is 39.2 Å². The van der Waals surface area contributed by atoms with Gasteiger partial charge in [0, 0.05) is 61.9 Å². The van der Waals surface area contributed by atoms with Crippen LogP contribution in [-0.2, 0) is 14.3 Å². The fourth-order valence-electron chi connectivity index (χ4n) is 8.32. The number of rotatable bonds is 23. The van der Waals surface area contributed by atoms with Crippen molar-refractivity contribution in [1.82, 2.24) is 29.9 Å². The zero-order valence-corrected chi connectivity index (χ0v) is 68.0. The van der Waals surface area contributed by atoms with Crippen LogP contribution in [0.1, 0.15) is 247 Å². The topological polar surface area (TPSA) is 234 Å². The summed E-state index contributed by atoms with van der Waals surface area (Å²) in [5, 5.41) is 27.7. The molecule has 548 valence electrons. The number of aromatic nitrogens is 6. The Labute approximate surface area is 618 Å². The van der Waals surface area contributed by atoms with Gasteiger partial charge >= 0.3 is 120 Å². The van der Waals surface area contributed by atoms with Crippen LogP contribution in [0.5, 0.6) is 0 Å². The Hall–Kier alpha value is -5.09. The van der Waals surface area contributed by atoms with Gasteiger partial charge in [0.2, 0.25) is 0 Å². The molecule has 0 aromatic carbocycles. The minimum atomic E-state index is -2.24. The Morgan fingerprint density at radius 3 is 1.15 bits per heavy atom. The van der Waals surface area contributed by atoms with Crippen LogP contribution >= 0.6 is 47.8 Å². The SMILES string of the molecule is C.C.C.C=C(OCC)c1ncccc1C.C=[C](OCC)[Sn]([CH2]CCC)([CH2]CCC)[CH2]CCC.CC(=O)O.CC(=O)c1ncccc1C.CC(C)(C)N.Cc1cccnc1Br.Cc1cccnc1C(=O)CBr.Cc1cccnc1[C@@H](O)CBr.Cc1cccnc1[C@@H](O)CCC(C)(C)C.